The van der Waals surface area contributed by atoms with Gasteiger partial charge in [-0.3, -0.25) is 4.90 Å². The zero-order valence-electron chi connectivity index (χ0n) is 12.1. The molecule has 1 aliphatic heterocycles. The molecule has 19 heavy (non-hydrogen) atoms. The first-order valence-corrected chi connectivity index (χ1v) is 6.89. The monoisotopic (exact) mass is 265 g/mol. The molecule has 1 aromatic carbocycles. The number of para-hydroxylation sites is 1. The Kier molecular flexibility index (Phi) is 4.11. The maximum absolute atomic E-state index is 14.2. The number of rotatable bonds is 3. The maximum atomic E-state index is 14.2. The van der Waals surface area contributed by atoms with Crippen molar-refractivity contribution in [2.75, 3.05) is 38.1 Å². The highest BCUT2D eigenvalue weighted by Gasteiger charge is 2.32. The lowest BCUT2D eigenvalue weighted by Gasteiger charge is -2.46. The first-order valence-electron chi connectivity index (χ1n) is 6.89. The van der Waals surface area contributed by atoms with Crippen molar-refractivity contribution < 1.29 is 4.39 Å². The number of likely N-dealkylation sites (N-methyl/N-ethyl adjacent to an activating group) is 1. The fourth-order valence-electron chi connectivity index (χ4n) is 2.70. The predicted octanol–water partition coefficient (Wildman–Crippen LogP) is 1.86. The molecule has 0 unspecified atom stereocenters. The smallest absolute Gasteiger partial charge is 0.146 e. The molecule has 1 saturated heterocycles. The molecule has 0 bridgehead atoms. The number of hydrogen-bond donors (Lipinski definition) is 1. The quantitative estimate of drug-likeness (QED) is 0.905. The summed E-state index contributed by atoms with van der Waals surface area (Å²) in [6, 6.07) is 5.29. The number of piperazine rings is 1. The molecule has 1 heterocycles. The van der Waals surface area contributed by atoms with Crippen LogP contribution in [0.4, 0.5) is 10.1 Å². The minimum atomic E-state index is -0.133. The Morgan fingerprint density at radius 2 is 2.05 bits per heavy atom. The van der Waals surface area contributed by atoms with E-state index in [-0.39, 0.29) is 11.4 Å². The summed E-state index contributed by atoms with van der Waals surface area (Å²) >= 11 is 0. The topological polar surface area (TPSA) is 32.5 Å². The van der Waals surface area contributed by atoms with Crippen LogP contribution in [0.2, 0.25) is 0 Å². The van der Waals surface area contributed by atoms with Gasteiger partial charge < -0.3 is 10.6 Å². The average molecular weight is 265 g/mol. The normalized spacial score (nSPS) is 19.7. The number of halogens is 1. The lowest BCUT2D eigenvalue weighted by Crippen LogP contribution is -2.58. The van der Waals surface area contributed by atoms with Gasteiger partial charge in [-0.05, 0) is 45.5 Å². The molecule has 4 heteroatoms. The van der Waals surface area contributed by atoms with Crippen molar-refractivity contribution >= 4 is 5.69 Å². The highest BCUT2D eigenvalue weighted by atomic mass is 19.1. The van der Waals surface area contributed by atoms with Gasteiger partial charge in [0.05, 0.1) is 5.69 Å². The van der Waals surface area contributed by atoms with E-state index >= 15 is 0 Å². The van der Waals surface area contributed by atoms with E-state index in [1.165, 1.54) is 0 Å². The predicted molar refractivity (Wildman–Crippen MR) is 78.1 cm³/mol. The molecule has 0 radical (unpaired) electrons. The second-order valence-corrected chi connectivity index (χ2v) is 5.94. The van der Waals surface area contributed by atoms with Gasteiger partial charge in [-0.15, -0.1) is 0 Å². The SMILES string of the molecule is CN1CCN(c2c(F)cccc2CCN)CC1(C)C. The second-order valence-electron chi connectivity index (χ2n) is 5.94. The highest BCUT2D eigenvalue weighted by molar-refractivity contribution is 5.56. The molecule has 0 spiro atoms. The van der Waals surface area contributed by atoms with Crippen LogP contribution < -0.4 is 10.6 Å². The fraction of sp³-hybridized carbons (Fsp3) is 0.600. The third kappa shape index (κ3) is 2.90. The molecular formula is C15H24FN3. The number of nitrogens with zero attached hydrogens (tertiary/aromatic N) is 2. The first kappa shape index (κ1) is 14.3. The van der Waals surface area contributed by atoms with Gasteiger partial charge in [-0.25, -0.2) is 4.39 Å². The van der Waals surface area contributed by atoms with Crippen molar-refractivity contribution in [2.24, 2.45) is 5.73 Å². The van der Waals surface area contributed by atoms with Gasteiger partial charge in [0.25, 0.3) is 0 Å². The van der Waals surface area contributed by atoms with Gasteiger partial charge in [0.2, 0.25) is 0 Å². The number of anilines is 1. The Balaban J connectivity index is 2.31. The van der Waals surface area contributed by atoms with Crippen molar-refractivity contribution in [1.82, 2.24) is 4.90 Å². The Morgan fingerprint density at radius 1 is 1.32 bits per heavy atom. The minimum absolute atomic E-state index is 0.0561. The van der Waals surface area contributed by atoms with Gasteiger partial charge in [0.15, 0.2) is 0 Å². The molecule has 1 aliphatic rings. The Labute approximate surface area is 115 Å². The third-order valence-corrected chi connectivity index (χ3v) is 4.12. The summed E-state index contributed by atoms with van der Waals surface area (Å²) in [5, 5.41) is 0. The van der Waals surface area contributed by atoms with Crippen LogP contribution in [0, 0.1) is 5.82 Å². The van der Waals surface area contributed by atoms with Crippen LogP contribution in [0.25, 0.3) is 0 Å². The maximum Gasteiger partial charge on any atom is 0.146 e. The number of nitrogens with two attached hydrogens (primary N) is 1. The van der Waals surface area contributed by atoms with E-state index in [1.807, 2.05) is 6.07 Å². The lowest BCUT2D eigenvalue weighted by atomic mass is 9.98. The van der Waals surface area contributed by atoms with E-state index in [1.54, 1.807) is 12.1 Å². The van der Waals surface area contributed by atoms with Gasteiger partial charge in [-0.2, -0.15) is 0 Å². The molecule has 0 aliphatic carbocycles. The first-order chi connectivity index (χ1) is 8.95. The summed E-state index contributed by atoms with van der Waals surface area (Å²) in [6.45, 7) is 7.59. The molecule has 2 rings (SSSR count). The zero-order chi connectivity index (χ0) is 14.0. The van der Waals surface area contributed by atoms with E-state index in [0.717, 1.165) is 37.3 Å². The summed E-state index contributed by atoms with van der Waals surface area (Å²) < 4.78 is 14.2. The van der Waals surface area contributed by atoms with Gasteiger partial charge >= 0.3 is 0 Å². The average Bonchev–Trinajstić information content (AvgIpc) is 2.33. The largest absolute Gasteiger partial charge is 0.366 e. The standard InChI is InChI=1S/C15H24FN3/c1-15(2)11-19(10-9-18(15)3)14-12(7-8-17)5-4-6-13(14)16/h4-6H,7-11,17H2,1-3H3. The van der Waals surface area contributed by atoms with Gasteiger partial charge in [0, 0.05) is 25.2 Å². The second kappa shape index (κ2) is 5.47. The Bertz CT molecular complexity index is 445. The van der Waals surface area contributed by atoms with E-state index in [9.17, 15) is 4.39 Å². The minimum Gasteiger partial charge on any atom is -0.366 e. The third-order valence-electron chi connectivity index (χ3n) is 4.12. The van der Waals surface area contributed by atoms with Crippen molar-refractivity contribution in [2.45, 2.75) is 25.8 Å². The summed E-state index contributed by atoms with van der Waals surface area (Å²) in [6.07, 6.45) is 0.722. The summed E-state index contributed by atoms with van der Waals surface area (Å²) in [7, 11) is 2.12. The van der Waals surface area contributed by atoms with Crippen molar-refractivity contribution in [3.63, 3.8) is 0 Å². The zero-order valence-corrected chi connectivity index (χ0v) is 12.1. The molecule has 0 saturated carbocycles. The van der Waals surface area contributed by atoms with Crippen LogP contribution in [0.5, 0.6) is 0 Å². The number of benzene rings is 1. The Hall–Kier alpha value is -1.13. The molecule has 1 fully saturated rings. The van der Waals surface area contributed by atoms with Crippen LogP contribution >= 0.6 is 0 Å². The van der Waals surface area contributed by atoms with Crippen molar-refractivity contribution in [3.8, 4) is 0 Å². The summed E-state index contributed by atoms with van der Waals surface area (Å²) in [4.78, 5) is 4.49. The molecule has 1 aromatic rings. The molecule has 0 aromatic heterocycles. The van der Waals surface area contributed by atoms with Gasteiger partial charge in [0.1, 0.15) is 5.82 Å². The van der Waals surface area contributed by atoms with Crippen LogP contribution in [0.3, 0.4) is 0 Å². The van der Waals surface area contributed by atoms with Crippen LogP contribution in [0.1, 0.15) is 19.4 Å². The van der Waals surface area contributed by atoms with Crippen LogP contribution in [0.15, 0.2) is 18.2 Å². The molecule has 106 valence electrons. The van der Waals surface area contributed by atoms with Crippen molar-refractivity contribution in [1.29, 1.82) is 0 Å². The van der Waals surface area contributed by atoms with E-state index in [0.29, 0.717) is 6.54 Å². The summed E-state index contributed by atoms with van der Waals surface area (Å²) in [5.41, 5.74) is 7.45. The molecule has 0 amide bonds. The number of hydrogen-bond acceptors (Lipinski definition) is 3. The molecular weight excluding hydrogens is 241 g/mol. The van der Waals surface area contributed by atoms with E-state index < -0.39 is 0 Å². The van der Waals surface area contributed by atoms with E-state index in [2.05, 4.69) is 30.7 Å². The van der Waals surface area contributed by atoms with Crippen LogP contribution in [-0.4, -0.2) is 43.7 Å². The Morgan fingerprint density at radius 3 is 2.68 bits per heavy atom. The van der Waals surface area contributed by atoms with Crippen LogP contribution in [-0.2, 0) is 6.42 Å². The highest BCUT2D eigenvalue weighted by Crippen LogP contribution is 2.29. The lowest BCUT2D eigenvalue weighted by molar-refractivity contribution is 0.138. The van der Waals surface area contributed by atoms with Crippen molar-refractivity contribution in [3.05, 3.63) is 29.6 Å². The van der Waals surface area contributed by atoms with E-state index in [4.69, 9.17) is 5.73 Å². The molecule has 3 nitrogen and oxygen atoms in total. The van der Waals surface area contributed by atoms with Gasteiger partial charge in [-0.1, -0.05) is 12.1 Å². The molecule has 2 N–H and O–H groups in total. The molecule has 0 atom stereocenters. The summed E-state index contributed by atoms with van der Waals surface area (Å²) in [5.74, 6) is -0.133. The fourth-order valence-corrected chi connectivity index (χ4v) is 2.70.